The van der Waals surface area contributed by atoms with Crippen molar-refractivity contribution in [2.45, 2.75) is 6.42 Å². The van der Waals surface area contributed by atoms with Crippen LogP contribution in [0, 0.1) is 5.41 Å². The fourth-order valence-corrected chi connectivity index (χ4v) is 1.67. The zero-order chi connectivity index (χ0) is 9.54. The zero-order valence-corrected chi connectivity index (χ0v) is 7.44. The average molecular weight is 187 g/mol. The standard InChI is InChI=1S/C9H9N5/c10-7-3-4-9-11-12-13-5-1-2-8(6-7)14(9)13/h1-5,10,12H,6H2. The molecule has 0 bridgehead atoms. The molecule has 3 heterocycles. The van der Waals surface area contributed by atoms with Crippen molar-refractivity contribution in [3.8, 4) is 0 Å². The van der Waals surface area contributed by atoms with Gasteiger partial charge >= 0.3 is 0 Å². The fraction of sp³-hybridized carbons (Fsp3) is 0.111. The largest absolute Gasteiger partial charge is 0.305 e. The van der Waals surface area contributed by atoms with Crippen LogP contribution in [0.3, 0.4) is 0 Å². The molecule has 5 heteroatoms. The lowest BCUT2D eigenvalue weighted by Crippen LogP contribution is -2.41. The summed E-state index contributed by atoms with van der Waals surface area (Å²) in [6.45, 7) is 0. The lowest BCUT2D eigenvalue weighted by molar-refractivity contribution is 0.105. The summed E-state index contributed by atoms with van der Waals surface area (Å²) in [5.41, 5.74) is 4.53. The molecule has 5 nitrogen and oxygen atoms in total. The van der Waals surface area contributed by atoms with E-state index in [1.165, 1.54) is 0 Å². The summed E-state index contributed by atoms with van der Waals surface area (Å²) in [5, 5.41) is 15.6. The third-order valence-corrected chi connectivity index (χ3v) is 2.29. The second-order valence-corrected chi connectivity index (χ2v) is 3.26. The van der Waals surface area contributed by atoms with E-state index in [-0.39, 0.29) is 0 Å². The van der Waals surface area contributed by atoms with Gasteiger partial charge in [0.15, 0.2) is 5.84 Å². The average Bonchev–Trinajstić information content (AvgIpc) is 2.51. The van der Waals surface area contributed by atoms with Gasteiger partial charge < -0.3 is 5.41 Å². The second-order valence-electron chi connectivity index (χ2n) is 3.26. The lowest BCUT2D eigenvalue weighted by Gasteiger charge is -2.30. The molecule has 0 atom stereocenters. The van der Waals surface area contributed by atoms with Crippen LogP contribution in [0.1, 0.15) is 6.42 Å². The van der Waals surface area contributed by atoms with Gasteiger partial charge in [-0.15, -0.1) is 5.10 Å². The Kier molecular flexibility index (Phi) is 1.30. The Labute approximate surface area is 81.1 Å². The lowest BCUT2D eigenvalue weighted by atomic mass is 10.2. The Morgan fingerprint density at radius 3 is 3.29 bits per heavy atom. The molecule has 0 aromatic carbocycles. The van der Waals surface area contributed by atoms with Gasteiger partial charge in [0, 0.05) is 18.3 Å². The molecule has 14 heavy (non-hydrogen) atoms. The molecule has 0 aromatic heterocycles. The number of hydrazine groups is 2. The monoisotopic (exact) mass is 187 g/mol. The molecule has 3 aliphatic rings. The SMILES string of the molecule is N=C1C=CC2=NNN3C=CC=C(C1)N23. The van der Waals surface area contributed by atoms with Crippen LogP contribution in [-0.4, -0.2) is 21.7 Å². The van der Waals surface area contributed by atoms with E-state index in [0.717, 1.165) is 11.5 Å². The van der Waals surface area contributed by atoms with Crippen LogP contribution >= 0.6 is 0 Å². The predicted molar refractivity (Wildman–Crippen MR) is 53.0 cm³/mol. The van der Waals surface area contributed by atoms with Crippen molar-refractivity contribution in [3.05, 3.63) is 36.2 Å². The number of nitrogens with zero attached hydrogens (tertiary/aromatic N) is 3. The maximum absolute atomic E-state index is 7.66. The Balaban J connectivity index is 2.10. The number of allylic oxidation sites excluding steroid dienone is 4. The van der Waals surface area contributed by atoms with E-state index in [1.54, 1.807) is 11.2 Å². The first-order valence-electron chi connectivity index (χ1n) is 4.40. The van der Waals surface area contributed by atoms with E-state index < -0.39 is 0 Å². The highest BCUT2D eigenvalue weighted by Crippen LogP contribution is 2.23. The minimum atomic E-state index is 0.601. The normalized spacial score (nSPS) is 22.7. The van der Waals surface area contributed by atoms with Crippen molar-refractivity contribution in [2.75, 3.05) is 0 Å². The van der Waals surface area contributed by atoms with Crippen LogP contribution in [0.5, 0.6) is 0 Å². The Morgan fingerprint density at radius 1 is 1.43 bits per heavy atom. The fourth-order valence-electron chi connectivity index (χ4n) is 1.67. The minimum absolute atomic E-state index is 0.601. The first-order chi connectivity index (χ1) is 6.84. The highest BCUT2D eigenvalue weighted by Gasteiger charge is 2.28. The molecular weight excluding hydrogens is 178 g/mol. The maximum atomic E-state index is 7.66. The summed E-state index contributed by atoms with van der Waals surface area (Å²) in [6.07, 6.45) is 10.1. The molecule has 3 aliphatic heterocycles. The summed E-state index contributed by atoms with van der Waals surface area (Å²) in [5.74, 6) is 0.822. The van der Waals surface area contributed by atoms with E-state index >= 15 is 0 Å². The van der Waals surface area contributed by atoms with E-state index in [4.69, 9.17) is 5.41 Å². The van der Waals surface area contributed by atoms with Crippen molar-refractivity contribution in [1.29, 1.82) is 5.41 Å². The number of nitrogens with one attached hydrogen (secondary N) is 2. The van der Waals surface area contributed by atoms with E-state index in [0.29, 0.717) is 12.1 Å². The Morgan fingerprint density at radius 2 is 2.36 bits per heavy atom. The molecular formula is C9H9N5. The summed E-state index contributed by atoms with van der Waals surface area (Å²) in [7, 11) is 0. The van der Waals surface area contributed by atoms with Gasteiger partial charge in [0.25, 0.3) is 0 Å². The summed E-state index contributed by atoms with van der Waals surface area (Å²) in [6, 6.07) is 0. The van der Waals surface area contributed by atoms with Gasteiger partial charge in [-0.2, -0.15) is 10.7 Å². The third kappa shape index (κ3) is 0.891. The summed E-state index contributed by atoms with van der Waals surface area (Å²) in [4.78, 5) is 0. The molecule has 0 aromatic rings. The Bertz CT molecular complexity index is 415. The first-order valence-corrected chi connectivity index (χ1v) is 4.40. The maximum Gasteiger partial charge on any atom is 0.175 e. The molecule has 0 spiro atoms. The molecule has 0 saturated heterocycles. The number of hydrogen-bond acceptors (Lipinski definition) is 5. The van der Waals surface area contributed by atoms with Crippen molar-refractivity contribution >= 4 is 11.5 Å². The van der Waals surface area contributed by atoms with Crippen LogP contribution in [0.25, 0.3) is 0 Å². The smallest absolute Gasteiger partial charge is 0.175 e. The predicted octanol–water partition coefficient (Wildman–Crippen LogP) is 0.728. The van der Waals surface area contributed by atoms with Crippen molar-refractivity contribution in [3.63, 3.8) is 0 Å². The molecule has 0 aliphatic carbocycles. The molecule has 70 valence electrons. The highest BCUT2D eigenvalue weighted by molar-refractivity contribution is 6.05. The summed E-state index contributed by atoms with van der Waals surface area (Å²) >= 11 is 0. The van der Waals surface area contributed by atoms with Crippen molar-refractivity contribution < 1.29 is 0 Å². The van der Waals surface area contributed by atoms with Crippen LogP contribution in [0.15, 0.2) is 41.3 Å². The van der Waals surface area contributed by atoms with Gasteiger partial charge in [0.1, 0.15) is 0 Å². The van der Waals surface area contributed by atoms with Crippen molar-refractivity contribution in [1.82, 2.24) is 15.7 Å². The number of hydrazone groups is 1. The zero-order valence-electron chi connectivity index (χ0n) is 7.44. The van der Waals surface area contributed by atoms with Gasteiger partial charge in [0.05, 0.1) is 5.70 Å². The molecule has 0 fully saturated rings. The van der Waals surface area contributed by atoms with Crippen molar-refractivity contribution in [2.24, 2.45) is 5.10 Å². The van der Waals surface area contributed by atoms with Gasteiger partial charge in [-0.1, -0.05) is 0 Å². The van der Waals surface area contributed by atoms with Gasteiger partial charge in [-0.3, -0.25) is 0 Å². The Hall–Kier alpha value is -2.04. The van der Waals surface area contributed by atoms with E-state index in [9.17, 15) is 0 Å². The molecule has 0 unspecified atom stereocenters. The van der Waals surface area contributed by atoms with Crippen LogP contribution in [0.4, 0.5) is 0 Å². The minimum Gasteiger partial charge on any atom is -0.305 e. The quantitative estimate of drug-likeness (QED) is 0.587. The third-order valence-electron chi connectivity index (χ3n) is 2.29. The topological polar surface area (TPSA) is 54.7 Å². The molecule has 0 saturated carbocycles. The second kappa shape index (κ2) is 2.47. The van der Waals surface area contributed by atoms with E-state index in [2.05, 4.69) is 10.6 Å². The highest BCUT2D eigenvalue weighted by atomic mass is 15.9. The number of amidine groups is 1. The van der Waals surface area contributed by atoms with Crippen LogP contribution in [0.2, 0.25) is 0 Å². The molecule has 2 N–H and O–H groups in total. The van der Waals surface area contributed by atoms with Crippen LogP contribution in [-0.2, 0) is 0 Å². The molecule has 3 rings (SSSR count). The molecule has 0 amide bonds. The van der Waals surface area contributed by atoms with Gasteiger partial charge in [-0.25, -0.2) is 5.01 Å². The summed E-state index contributed by atoms with van der Waals surface area (Å²) < 4.78 is 0. The van der Waals surface area contributed by atoms with Crippen LogP contribution < -0.4 is 5.53 Å². The first kappa shape index (κ1) is 7.37. The number of hydrogen-bond donors (Lipinski definition) is 2. The molecule has 0 radical (unpaired) electrons. The van der Waals surface area contributed by atoms with Gasteiger partial charge in [0.2, 0.25) is 0 Å². The number of rotatable bonds is 0. The van der Waals surface area contributed by atoms with Gasteiger partial charge in [-0.05, 0) is 24.3 Å². The van der Waals surface area contributed by atoms with E-state index in [1.807, 2.05) is 29.4 Å².